The van der Waals surface area contributed by atoms with Crippen molar-refractivity contribution in [3.63, 3.8) is 0 Å². The highest BCUT2D eigenvalue weighted by Gasteiger charge is 2.41. The number of carbonyl (C=O) groups is 1. The van der Waals surface area contributed by atoms with E-state index < -0.39 is 17.3 Å². The van der Waals surface area contributed by atoms with Crippen molar-refractivity contribution in [2.75, 3.05) is 14.2 Å². The van der Waals surface area contributed by atoms with E-state index in [0.717, 1.165) is 30.6 Å². The standard InChI is InChI=1S/C23H24FN3O4/c1-29-17-9-6-15(7-10-17)20-25-22(31-27-20)23(12-4-3-5-13-23)26-21(28)16-8-11-19(30-2)18(24)14-16/h6-11,14H,3-5,12-13H2,1-2H3,(H,26,28). The molecular formula is C23H24FN3O4. The lowest BCUT2D eigenvalue weighted by molar-refractivity contribution is 0.0824. The zero-order valence-electron chi connectivity index (χ0n) is 17.5. The molecule has 4 rings (SSSR count). The van der Waals surface area contributed by atoms with Gasteiger partial charge in [0.25, 0.3) is 11.8 Å². The van der Waals surface area contributed by atoms with Gasteiger partial charge in [-0.25, -0.2) is 4.39 Å². The Balaban J connectivity index is 1.61. The molecule has 1 aliphatic rings. The number of hydrogen-bond acceptors (Lipinski definition) is 6. The number of carbonyl (C=O) groups excluding carboxylic acids is 1. The molecule has 1 fully saturated rings. The van der Waals surface area contributed by atoms with Gasteiger partial charge in [0.1, 0.15) is 11.3 Å². The third-order valence-corrected chi connectivity index (χ3v) is 5.66. The summed E-state index contributed by atoms with van der Waals surface area (Å²) < 4.78 is 29.8. The van der Waals surface area contributed by atoms with Crippen molar-refractivity contribution < 1.29 is 23.2 Å². The smallest absolute Gasteiger partial charge is 0.252 e. The third-order valence-electron chi connectivity index (χ3n) is 5.66. The molecule has 1 N–H and O–H groups in total. The van der Waals surface area contributed by atoms with Gasteiger partial charge in [-0.15, -0.1) is 0 Å². The molecule has 8 heteroatoms. The number of benzene rings is 2. The quantitative estimate of drug-likeness (QED) is 0.627. The topological polar surface area (TPSA) is 86.5 Å². The zero-order valence-corrected chi connectivity index (χ0v) is 17.5. The lowest BCUT2D eigenvalue weighted by Gasteiger charge is -2.34. The lowest BCUT2D eigenvalue weighted by Crippen LogP contribution is -2.47. The molecule has 3 aromatic rings. The Bertz CT molecular complexity index is 1060. The Kier molecular flexibility index (Phi) is 5.88. The van der Waals surface area contributed by atoms with Crippen LogP contribution in [0.5, 0.6) is 11.5 Å². The summed E-state index contributed by atoms with van der Waals surface area (Å²) >= 11 is 0. The molecule has 0 unspecified atom stereocenters. The maximum absolute atomic E-state index is 14.1. The fraction of sp³-hybridized carbons (Fsp3) is 0.348. The lowest BCUT2D eigenvalue weighted by atomic mass is 9.81. The molecule has 0 atom stereocenters. The van der Waals surface area contributed by atoms with Crippen molar-refractivity contribution in [2.24, 2.45) is 0 Å². The highest BCUT2D eigenvalue weighted by atomic mass is 19.1. The average molecular weight is 425 g/mol. The molecular weight excluding hydrogens is 401 g/mol. The fourth-order valence-electron chi connectivity index (χ4n) is 3.92. The van der Waals surface area contributed by atoms with Crippen LogP contribution in [0.15, 0.2) is 47.0 Å². The van der Waals surface area contributed by atoms with Crippen molar-refractivity contribution >= 4 is 5.91 Å². The van der Waals surface area contributed by atoms with Gasteiger partial charge in [0, 0.05) is 11.1 Å². The van der Waals surface area contributed by atoms with Crippen molar-refractivity contribution in [3.8, 4) is 22.9 Å². The van der Waals surface area contributed by atoms with Crippen LogP contribution in [-0.4, -0.2) is 30.3 Å². The van der Waals surface area contributed by atoms with E-state index in [1.165, 1.54) is 25.3 Å². The van der Waals surface area contributed by atoms with Crippen LogP contribution in [0.3, 0.4) is 0 Å². The van der Waals surface area contributed by atoms with E-state index in [9.17, 15) is 9.18 Å². The second-order valence-corrected chi connectivity index (χ2v) is 7.60. The van der Waals surface area contributed by atoms with Crippen LogP contribution >= 0.6 is 0 Å². The number of nitrogens with zero attached hydrogens (tertiary/aromatic N) is 2. The van der Waals surface area contributed by atoms with Crippen molar-refractivity contribution in [2.45, 2.75) is 37.6 Å². The summed E-state index contributed by atoms with van der Waals surface area (Å²) in [5, 5.41) is 7.17. The second kappa shape index (κ2) is 8.75. The summed E-state index contributed by atoms with van der Waals surface area (Å²) in [4.78, 5) is 17.6. The largest absolute Gasteiger partial charge is 0.497 e. The third kappa shape index (κ3) is 4.23. The number of nitrogens with one attached hydrogen (secondary N) is 1. The molecule has 1 aliphatic carbocycles. The van der Waals surface area contributed by atoms with Gasteiger partial charge in [-0.3, -0.25) is 4.79 Å². The molecule has 7 nitrogen and oxygen atoms in total. The summed E-state index contributed by atoms with van der Waals surface area (Å²) in [5.74, 6) is 0.632. The Hall–Kier alpha value is -3.42. The highest BCUT2D eigenvalue weighted by Crippen LogP contribution is 2.37. The van der Waals surface area contributed by atoms with Crippen LogP contribution in [0.1, 0.15) is 48.4 Å². The number of aromatic nitrogens is 2. The highest BCUT2D eigenvalue weighted by molar-refractivity contribution is 5.94. The molecule has 1 saturated carbocycles. The Morgan fingerprint density at radius 1 is 1.06 bits per heavy atom. The van der Waals surface area contributed by atoms with Crippen molar-refractivity contribution in [1.29, 1.82) is 0 Å². The summed E-state index contributed by atoms with van der Waals surface area (Å²) in [5.41, 5.74) is 0.201. The Morgan fingerprint density at radius 3 is 2.45 bits per heavy atom. The van der Waals surface area contributed by atoms with Gasteiger partial charge in [0.05, 0.1) is 14.2 Å². The van der Waals surface area contributed by atoms with Gasteiger partial charge in [-0.05, 0) is 55.3 Å². The number of rotatable bonds is 6. The van der Waals surface area contributed by atoms with E-state index in [4.69, 9.17) is 14.0 Å². The average Bonchev–Trinajstić information content (AvgIpc) is 3.31. The number of methoxy groups -OCH3 is 2. The number of ether oxygens (including phenoxy) is 2. The maximum Gasteiger partial charge on any atom is 0.252 e. The molecule has 1 amide bonds. The SMILES string of the molecule is COc1ccc(-c2noc(C3(NC(=O)c4ccc(OC)c(F)c4)CCCCC3)n2)cc1. The molecule has 1 aromatic heterocycles. The van der Waals surface area contributed by atoms with Crippen molar-refractivity contribution in [1.82, 2.24) is 15.5 Å². The van der Waals surface area contributed by atoms with Crippen molar-refractivity contribution in [3.05, 3.63) is 59.7 Å². The minimum atomic E-state index is -0.788. The van der Waals surface area contributed by atoms with Gasteiger partial charge < -0.3 is 19.3 Å². The summed E-state index contributed by atoms with van der Waals surface area (Å²) in [7, 11) is 2.98. The van der Waals surface area contributed by atoms with E-state index in [-0.39, 0.29) is 11.3 Å². The number of amides is 1. The number of hydrogen-bond donors (Lipinski definition) is 1. The van der Waals surface area contributed by atoms with Crippen LogP contribution in [0, 0.1) is 5.82 Å². The minimum absolute atomic E-state index is 0.0879. The molecule has 31 heavy (non-hydrogen) atoms. The fourth-order valence-corrected chi connectivity index (χ4v) is 3.92. The Labute approximate surface area is 179 Å². The van der Waals surface area contributed by atoms with Crippen LogP contribution in [0.2, 0.25) is 0 Å². The summed E-state index contributed by atoms with van der Waals surface area (Å²) in [6, 6.07) is 11.5. The van der Waals surface area contributed by atoms with Crippen LogP contribution in [-0.2, 0) is 5.54 Å². The summed E-state index contributed by atoms with van der Waals surface area (Å²) in [6.45, 7) is 0. The van der Waals surface area contributed by atoms with Gasteiger partial charge >= 0.3 is 0 Å². The molecule has 0 aliphatic heterocycles. The van der Waals surface area contributed by atoms with E-state index in [0.29, 0.717) is 24.6 Å². The second-order valence-electron chi connectivity index (χ2n) is 7.60. The Morgan fingerprint density at radius 2 is 1.81 bits per heavy atom. The van der Waals surface area contributed by atoms with Gasteiger partial charge in [0.15, 0.2) is 11.6 Å². The molecule has 2 aromatic carbocycles. The molecule has 0 radical (unpaired) electrons. The van der Waals surface area contributed by atoms with Crippen LogP contribution in [0.25, 0.3) is 11.4 Å². The first-order valence-corrected chi connectivity index (χ1v) is 10.2. The van der Waals surface area contributed by atoms with E-state index >= 15 is 0 Å². The maximum atomic E-state index is 14.1. The first-order chi connectivity index (χ1) is 15.0. The van der Waals surface area contributed by atoms with Gasteiger partial charge in [0.2, 0.25) is 5.82 Å². The summed E-state index contributed by atoms with van der Waals surface area (Å²) in [6.07, 6.45) is 4.23. The predicted octanol–water partition coefficient (Wildman–Crippen LogP) is 4.48. The van der Waals surface area contributed by atoms with Gasteiger partial charge in [-0.2, -0.15) is 4.98 Å². The predicted molar refractivity (Wildman–Crippen MR) is 111 cm³/mol. The minimum Gasteiger partial charge on any atom is -0.497 e. The molecule has 0 bridgehead atoms. The monoisotopic (exact) mass is 425 g/mol. The van der Waals surface area contributed by atoms with Crippen LogP contribution in [0.4, 0.5) is 4.39 Å². The first-order valence-electron chi connectivity index (χ1n) is 10.2. The van der Waals surface area contributed by atoms with Crippen LogP contribution < -0.4 is 14.8 Å². The molecule has 162 valence electrons. The van der Waals surface area contributed by atoms with E-state index in [1.807, 2.05) is 24.3 Å². The zero-order chi connectivity index (χ0) is 21.8. The molecule has 0 spiro atoms. The van der Waals surface area contributed by atoms with E-state index in [2.05, 4.69) is 15.5 Å². The molecule has 0 saturated heterocycles. The van der Waals surface area contributed by atoms with E-state index in [1.54, 1.807) is 7.11 Å². The normalized spacial score (nSPS) is 15.3. The van der Waals surface area contributed by atoms with Gasteiger partial charge in [-0.1, -0.05) is 24.4 Å². The first kappa shape index (κ1) is 20.8. The molecule has 1 heterocycles. The number of halogens is 1.